The number of carbonyl (C=O) groups excluding carboxylic acids is 1. The predicted octanol–water partition coefficient (Wildman–Crippen LogP) is 2.40. The Balaban J connectivity index is 1.43. The minimum absolute atomic E-state index is 0.204. The van der Waals surface area contributed by atoms with Crippen molar-refractivity contribution in [3.63, 3.8) is 0 Å². The van der Waals surface area contributed by atoms with Crippen LogP contribution in [0.15, 0.2) is 53.6 Å². The third-order valence-electron chi connectivity index (χ3n) is 5.11. The summed E-state index contributed by atoms with van der Waals surface area (Å²) in [6.45, 7) is 1.35. The van der Waals surface area contributed by atoms with Gasteiger partial charge in [-0.1, -0.05) is 12.1 Å². The van der Waals surface area contributed by atoms with E-state index >= 15 is 0 Å². The van der Waals surface area contributed by atoms with E-state index in [-0.39, 0.29) is 17.6 Å². The van der Waals surface area contributed by atoms with Gasteiger partial charge in [0.2, 0.25) is 0 Å². The SMILES string of the molecule is N#Cc1ccc(-c2c[nH]n(-c3ccc(C(=O)NCCC4CCCO4)cn3)c2=O)cc1. The molecular formula is C22H21N5O3. The molecule has 1 aliphatic heterocycles. The van der Waals surface area contributed by atoms with E-state index in [2.05, 4.69) is 21.5 Å². The van der Waals surface area contributed by atoms with Crippen LogP contribution in [0.4, 0.5) is 0 Å². The second-order valence-corrected chi connectivity index (χ2v) is 7.10. The van der Waals surface area contributed by atoms with Crippen LogP contribution in [-0.4, -0.2) is 39.9 Å². The number of hydrogen-bond acceptors (Lipinski definition) is 5. The fourth-order valence-electron chi connectivity index (χ4n) is 3.44. The third kappa shape index (κ3) is 4.16. The maximum atomic E-state index is 12.7. The lowest BCUT2D eigenvalue weighted by Gasteiger charge is -2.10. The number of amides is 1. The molecule has 1 aromatic carbocycles. The molecule has 2 N–H and O–H groups in total. The molecule has 3 aromatic rings. The third-order valence-corrected chi connectivity index (χ3v) is 5.11. The number of H-pyrrole nitrogens is 1. The van der Waals surface area contributed by atoms with Crippen LogP contribution in [0.5, 0.6) is 0 Å². The zero-order chi connectivity index (χ0) is 20.9. The van der Waals surface area contributed by atoms with Crippen molar-refractivity contribution in [2.75, 3.05) is 13.2 Å². The van der Waals surface area contributed by atoms with Crippen molar-refractivity contribution in [2.24, 2.45) is 0 Å². The molecule has 1 unspecified atom stereocenters. The van der Waals surface area contributed by atoms with Crippen LogP contribution in [0.3, 0.4) is 0 Å². The van der Waals surface area contributed by atoms with Crippen molar-refractivity contribution in [1.82, 2.24) is 20.1 Å². The number of hydrogen-bond donors (Lipinski definition) is 2. The maximum absolute atomic E-state index is 12.7. The zero-order valence-electron chi connectivity index (χ0n) is 16.3. The molecule has 1 saturated heterocycles. The molecule has 1 aliphatic rings. The molecule has 2 aromatic heterocycles. The Morgan fingerprint density at radius 2 is 2.13 bits per heavy atom. The highest BCUT2D eigenvalue weighted by molar-refractivity contribution is 5.93. The van der Waals surface area contributed by atoms with Crippen LogP contribution >= 0.6 is 0 Å². The summed E-state index contributed by atoms with van der Waals surface area (Å²) in [6, 6.07) is 12.1. The van der Waals surface area contributed by atoms with Crippen molar-refractivity contribution in [2.45, 2.75) is 25.4 Å². The van der Waals surface area contributed by atoms with Gasteiger partial charge in [-0.05, 0) is 49.1 Å². The van der Waals surface area contributed by atoms with Gasteiger partial charge in [-0.25, -0.2) is 9.67 Å². The number of nitrogens with zero attached hydrogens (tertiary/aromatic N) is 3. The van der Waals surface area contributed by atoms with E-state index in [0.717, 1.165) is 25.9 Å². The maximum Gasteiger partial charge on any atom is 0.280 e. The summed E-state index contributed by atoms with van der Waals surface area (Å²) in [6.07, 6.45) is 6.20. The molecular weight excluding hydrogens is 382 g/mol. The first-order chi connectivity index (χ1) is 14.7. The number of aromatic nitrogens is 3. The predicted molar refractivity (Wildman–Crippen MR) is 110 cm³/mol. The van der Waals surface area contributed by atoms with Crippen LogP contribution in [0, 0.1) is 11.3 Å². The van der Waals surface area contributed by atoms with Gasteiger partial charge < -0.3 is 10.1 Å². The van der Waals surface area contributed by atoms with E-state index < -0.39 is 0 Å². The Kier molecular flexibility index (Phi) is 5.72. The molecule has 0 radical (unpaired) electrons. The molecule has 30 heavy (non-hydrogen) atoms. The van der Waals surface area contributed by atoms with Crippen LogP contribution in [0.1, 0.15) is 35.2 Å². The molecule has 1 amide bonds. The minimum atomic E-state index is -0.263. The molecule has 8 heteroatoms. The second-order valence-electron chi connectivity index (χ2n) is 7.10. The number of ether oxygens (including phenoxy) is 1. The summed E-state index contributed by atoms with van der Waals surface area (Å²) in [5.74, 6) is 0.181. The summed E-state index contributed by atoms with van der Waals surface area (Å²) in [7, 11) is 0. The molecule has 0 aliphatic carbocycles. The number of pyridine rings is 1. The Morgan fingerprint density at radius 1 is 1.30 bits per heavy atom. The summed E-state index contributed by atoms with van der Waals surface area (Å²) < 4.78 is 6.86. The summed E-state index contributed by atoms with van der Waals surface area (Å²) in [5, 5.41) is 14.7. The number of aromatic amines is 1. The molecule has 3 heterocycles. The minimum Gasteiger partial charge on any atom is -0.378 e. The first-order valence-electron chi connectivity index (χ1n) is 9.83. The van der Waals surface area contributed by atoms with Crippen LogP contribution in [-0.2, 0) is 4.74 Å². The molecule has 4 rings (SSSR count). The average Bonchev–Trinajstić information content (AvgIpc) is 3.44. The zero-order valence-corrected chi connectivity index (χ0v) is 16.3. The molecule has 0 bridgehead atoms. The summed E-state index contributed by atoms with van der Waals surface area (Å²) >= 11 is 0. The van der Waals surface area contributed by atoms with Crippen molar-refractivity contribution in [1.29, 1.82) is 5.26 Å². The van der Waals surface area contributed by atoms with E-state index in [1.807, 2.05) is 0 Å². The number of carbonyl (C=O) groups is 1. The highest BCUT2D eigenvalue weighted by Gasteiger charge is 2.16. The summed E-state index contributed by atoms with van der Waals surface area (Å²) in [4.78, 5) is 29.3. The van der Waals surface area contributed by atoms with E-state index in [4.69, 9.17) is 10.00 Å². The lowest BCUT2D eigenvalue weighted by atomic mass is 10.1. The van der Waals surface area contributed by atoms with Gasteiger partial charge in [-0.15, -0.1) is 0 Å². The van der Waals surface area contributed by atoms with E-state index in [0.29, 0.717) is 34.6 Å². The fraction of sp³-hybridized carbons (Fsp3) is 0.273. The number of nitrogens with one attached hydrogen (secondary N) is 2. The van der Waals surface area contributed by atoms with Crippen LogP contribution in [0.25, 0.3) is 16.9 Å². The molecule has 0 spiro atoms. The highest BCUT2D eigenvalue weighted by Crippen LogP contribution is 2.17. The molecule has 1 atom stereocenters. The van der Waals surface area contributed by atoms with E-state index in [1.165, 1.54) is 10.9 Å². The molecule has 8 nitrogen and oxygen atoms in total. The van der Waals surface area contributed by atoms with Gasteiger partial charge in [0.05, 0.1) is 28.9 Å². The van der Waals surface area contributed by atoms with Crippen LogP contribution in [0.2, 0.25) is 0 Å². The Bertz CT molecular complexity index is 1120. The standard InChI is InChI=1S/C22H21N5O3/c23-12-15-3-5-16(6-4-15)19-14-26-27(22(19)29)20-8-7-17(13-25-20)21(28)24-10-9-18-2-1-11-30-18/h3-8,13-14,18,26H,1-2,9-11H2,(H,24,28). The van der Waals surface area contributed by atoms with Crippen molar-refractivity contribution in [3.8, 4) is 23.0 Å². The highest BCUT2D eigenvalue weighted by atomic mass is 16.5. The first-order valence-corrected chi connectivity index (χ1v) is 9.83. The lowest BCUT2D eigenvalue weighted by Crippen LogP contribution is -2.27. The van der Waals surface area contributed by atoms with E-state index in [1.54, 1.807) is 42.6 Å². The van der Waals surface area contributed by atoms with E-state index in [9.17, 15) is 9.59 Å². The van der Waals surface area contributed by atoms with Gasteiger partial charge in [0.1, 0.15) is 0 Å². The Labute approximate surface area is 173 Å². The Hall–Kier alpha value is -3.70. The van der Waals surface area contributed by atoms with Gasteiger partial charge in [0, 0.05) is 25.5 Å². The molecule has 1 fully saturated rings. The second kappa shape index (κ2) is 8.76. The van der Waals surface area contributed by atoms with Crippen molar-refractivity contribution in [3.05, 3.63) is 70.3 Å². The van der Waals surface area contributed by atoms with Gasteiger partial charge in [0.15, 0.2) is 5.82 Å². The monoisotopic (exact) mass is 403 g/mol. The molecule has 152 valence electrons. The smallest absolute Gasteiger partial charge is 0.280 e. The topological polar surface area (TPSA) is 113 Å². The molecule has 0 saturated carbocycles. The number of benzene rings is 1. The lowest BCUT2D eigenvalue weighted by molar-refractivity contribution is 0.0907. The number of rotatable bonds is 6. The fourth-order valence-corrected chi connectivity index (χ4v) is 3.44. The van der Waals surface area contributed by atoms with Gasteiger partial charge in [-0.3, -0.25) is 14.7 Å². The van der Waals surface area contributed by atoms with Gasteiger partial charge >= 0.3 is 0 Å². The van der Waals surface area contributed by atoms with Gasteiger partial charge in [-0.2, -0.15) is 5.26 Å². The quantitative estimate of drug-likeness (QED) is 0.656. The number of nitriles is 1. The average molecular weight is 403 g/mol. The normalized spacial score (nSPS) is 15.6. The first kappa shape index (κ1) is 19.6. The van der Waals surface area contributed by atoms with Crippen molar-refractivity contribution < 1.29 is 9.53 Å². The van der Waals surface area contributed by atoms with Crippen molar-refractivity contribution >= 4 is 5.91 Å². The van der Waals surface area contributed by atoms with Gasteiger partial charge in [0.25, 0.3) is 11.5 Å². The van der Waals surface area contributed by atoms with Crippen LogP contribution < -0.4 is 10.9 Å². The Morgan fingerprint density at radius 3 is 2.80 bits per heavy atom. The largest absolute Gasteiger partial charge is 0.378 e. The summed E-state index contributed by atoms with van der Waals surface area (Å²) in [5.41, 5.74) is 1.87.